The molecule has 3 heteroatoms. The number of hydrogen-bond acceptors (Lipinski definition) is 3. The van der Waals surface area contributed by atoms with Crippen LogP contribution in [-0.4, -0.2) is 23.7 Å². The summed E-state index contributed by atoms with van der Waals surface area (Å²) in [6.07, 6.45) is 3.21. The van der Waals surface area contributed by atoms with Gasteiger partial charge in [-0.1, -0.05) is 34.6 Å². The predicted octanol–water partition coefficient (Wildman–Crippen LogP) is 2.57. The van der Waals surface area contributed by atoms with Gasteiger partial charge in [0.1, 0.15) is 0 Å². The largest absolute Gasteiger partial charge is 0.400 e. The molecule has 0 heterocycles. The fourth-order valence-electron chi connectivity index (χ4n) is 0.238. The Morgan fingerprint density at radius 2 is 2.00 bits per heavy atom. The number of hydrogen-bond donors (Lipinski definition) is 1. The molecule has 62 valence electrons. The Labute approximate surface area is 71.7 Å². The molecule has 0 radical (unpaired) electrons. The average molecular weight is 180 g/mol. The van der Waals surface area contributed by atoms with Crippen LogP contribution in [-0.2, 0) is 0 Å². The van der Waals surface area contributed by atoms with Crippen LogP contribution < -0.4 is 0 Å². The molecule has 1 N–H and O–H groups in total. The molecule has 10 heavy (non-hydrogen) atoms. The van der Waals surface area contributed by atoms with Gasteiger partial charge in [-0.05, 0) is 6.42 Å². The molecule has 0 aromatic carbocycles. The van der Waals surface area contributed by atoms with Crippen LogP contribution in [0.25, 0.3) is 0 Å². The molecular weight excluding hydrogens is 164 g/mol. The van der Waals surface area contributed by atoms with Crippen LogP contribution in [0.1, 0.15) is 13.3 Å². The summed E-state index contributed by atoms with van der Waals surface area (Å²) in [5.41, 5.74) is 0. The van der Waals surface area contributed by atoms with Crippen LogP contribution in [0, 0.1) is 0 Å². The molecule has 0 amide bonds. The highest BCUT2D eigenvalue weighted by atomic mass is 33.1. The summed E-state index contributed by atoms with van der Waals surface area (Å²) in [6, 6.07) is 0. The molecule has 0 aliphatic carbocycles. The molecule has 0 atom stereocenters. The molecule has 0 fully saturated rings. The number of aliphatic hydroxyl groups is 1. The third kappa shape index (κ3) is 15.8. The zero-order valence-corrected chi connectivity index (χ0v) is 8.30. The molecule has 0 bridgehead atoms. The molecule has 1 nitrogen and oxygen atoms in total. The summed E-state index contributed by atoms with van der Waals surface area (Å²) < 4.78 is 0. The maximum Gasteiger partial charge on any atom is 0.0319 e. The monoisotopic (exact) mass is 180 g/mol. The Hall–Kier alpha value is 0.400. The third-order valence-corrected chi connectivity index (χ3v) is 3.08. The molecule has 0 spiro atoms. The molecular formula is C7H16OS2. The molecule has 0 unspecified atom stereocenters. The summed E-state index contributed by atoms with van der Waals surface area (Å²) in [4.78, 5) is 0. The Morgan fingerprint density at radius 3 is 2.40 bits per heavy atom. The van der Waals surface area contributed by atoms with Crippen molar-refractivity contribution in [3.8, 4) is 0 Å². The van der Waals surface area contributed by atoms with E-state index < -0.39 is 0 Å². The van der Waals surface area contributed by atoms with E-state index >= 15 is 0 Å². The van der Waals surface area contributed by atoms with E-state index in [0.717, 1.165) is 12.9 Å². The van der Waals surface area contributed by atoms with Crippen molar-refractivity contribution < 1.29 is 5.11 Å². The van der Waals surface area contributed by atoms with E-state index in [1.54, 1.807) is 0 Å². The maximum atomic E-state index is 7.00. The first-order valence-electron chi connectivity index (χ1n) is 3.21. The summed E-state index contributed by atoms with van der Waals surface area (Å²) in [7, 11) is 4.80. The van der Waals surface area contributed by atoms with Crippen molar-refractivity contribution in [2.45, 2.75) is 13.3 Å². The number of rotatable bonds is 5. The lowest BCUT2D eigenvalue weighted by Gasteiger charge is -1.91. The molecule has 0 aromatic heterocycles. The van der Waals surface area contributed by atoms with Gasteiger partial charge in [-0.25, -0.2) is 0 Å². The van der Waals surface area contributed by atoms with Gasteiger partial charge in [0.25, 0.3) is 0 Å². The first kappa shape index (κ1) is 13.0. The second-order valence-corrected chi connectivity index (χ2v) is 4.02. The highest BCUT2D eigenvalue weighted by molar-refractivity contribution is 8.76. The quantitative estimate of drug-likeness (QED) is 0.399. The Bertz CT molecular complexity index is 57.6. The topological polar surface area (TPSA) is 20.2 Å². The van der Waals surface area contributed by atoms with E-state index in [9.17, 15) is 0 Å². The van der Waals surface area contributed by atoms with Crippen LogP contribution in [0.4, 0.5) is 0 Å². The summed E-state index contributed by atoms with van der Waals surface area (Å²) in [5, 5.41) is 7.00. The molecule has 0 aliphatic heterocycles. The van der Waals surface area contributed by atoms with Crippen molar-refractivity contribution in [3.63, 3.8) is 0 Å². The minimum absolute atomic E-state index is 1.00. The smallest absolute Gasteiger partial charge is 0.0319 e. The Morgan fingerprint density at radius 1 is 1.40 bits per heavy atom. The van der Waals surface area contributed by atoms with Crippen molar-refractivity contribution in [3.05, 3.63) is 12.7 Å². The molecule has 0 saturated carbocycles. The van der Waals surface area contributed by atoms with Crippen LogP contribution in [0.15, 0.2) is 12.7 Å². The van der Waals surface area contributed by atoms with E-state index in [2.05, 4.69) is 13.5 Å². The standard InChI is InChI=1S/C6H12S2.CH4O/c1-3-5-7-8-6-4-2;1-2/h3H,1,4-6H2,2H3;2H,1H3. The van der Waals surface area contributed by atoms with Crippen LogP contribution in [0.5, 0.6) is 0 Å². The minimum Gasteiger partial charge on any atom is -0.400 e. The van der Waals surface area contributed by atoms with Gasteiger partial charge in [-0.2, -0.15) is 0 Å². The van der Waals surface area contributed by atoms with E-state index in [1.807, 2.05) is 27.7 Å². The van der Waals surface area contributed by atoms with Crippen LogP contribution >= 0.6 is 21.6 Å². The van der Waals surface area contributed by atoms with E-state index in [0.29, 0.717) is 0 Å². The summed E-state index contributed by atoms with van der Waals surface area (Å²) in [5.74, 6) is 2.34. The van der Waals surface area contributed by atoms with Gasteiger partial charge in [-0.3, -0.25) is 0 Å². The summed E-state index contributed by atoms with van der Waals surface area (Å²) >= 11 is 0. The van der Waals surface area contributed by atoms with Gasteiger partial charge in [0.2, 0.25) is 0 Å². The normalized spacial score (nSPS) is 7.90. The van der Waals surface area contributed by atoms with Crippen molar-refractivity contribution in [1.29, 1.82) is 0 Å². The molecule has 0 saturated heterocycles. The van der Waals surface area contributed by atoms with Crippen molar-refractivity contribution in [2.24, 2.45) is 0 Å². The van der Waals surface area contributed by atoms with E-state index in [-0.39, 0.29) is 0 Å². The SMILES string of the molecule is C=CCSSCCC.CO. The summed E-state index contributed by atoms with van der Waals surface area (Å²) in [6.45, 7) is 5.82. The third-order valence-electron chi connectivity index (χ3n) is 0.557. The lowest BCUT2D eigenvalue weighted by atomic mass is 10.6. The zero-order valence-electron chi connectivity index (χ0n) is 6.67. The van der Waals surface area contributed by atoms with Gasteiger partial charge in [-0.15, -0.1) is 6.58 Å². The second kappa shape index (κ2) is 16.2. The minimum atomic E-state index is 1.00. The van der Waals surface area contributed by atoms with Gasteiger partial charge in [0, 0.05) is 18.6 Å². The maximum absolute atomic E-state index is 7.00. The fraction of sp³-hybridized carbons (Fsp3) is 0.714. The van der Waals surface area contributed by atoms with Gasteiger partial charge in [0.05, 0.1) is 0 Å². The fourth-order valence-corrected chi connectivity index (χ4v) is 2.15. The lowest BCUT2D eigenvalue weighted by molar-refractivity contribution is 0.399. The highest BCUT2D eigenvalue weighted by Crippen LogP contribution is 2.20. The predicted molar refractivity (Wildman–Crippen MR) is 53.5 cm³/mol. The van der Waals surface area contributed by atoms with Gasteiger partial charge >= 0.3 is 0 Å². The Kier molecular flexibility index (Phi) is 21.1. The van der Waals surface area contributed by atoms with E-state index in [4.69, 9.17) is 5.11 Å². The van der Waals surface area contributed by atoms with Crippen LogP contribution in [0.3, 0.4) is 0 Å². The lowest BCUT2D eigenvalue weighted by Crippen LogP contribution is -1.68. The Balaban J connectivity index is 0. The van der Waals surface area contributed by atoms with Crippen LogP contribution in [0.2, 0.25) is 0 Å². The van der Waals surface area contributed by atoms with Crippen molar-refractivity contribution in [1.82, 2.24) is 0 Å². The number of aliphatic hydroxyl groups excluding tert-OH is 1. The molecule has 0 rings (SSSR count). The van der Waals surface area contributed by atoms with Gasteiger partial charge < -0.3 is 5.11 Å². The second-order valence-electron chi connectivity index (χ2n) is 1.40. The first-order valence-corrected chi connectivity index (χ1v) is 5.70. The highest BCUT2D eigenvalue weighted by Gasteiger charge is 1.81. The molecule has 0 aliphatic rings. The first-order chi connectivity index (χ1) is 4.91. The van der Waals surface area contributed by atoms with Gasteiger partial charge in [0.15, 0.2) is 0 Å². The zero-order chi connectivity index (χ0) is 8.24. The average Bonchev–Trinajstić information content (AvgIpc) is 2.02. The van der Waals surface area contributed by atoms with E-state index in [1.165, 1.54) is 12.2 Å². The van der Waals surface area contributed by atoms with Crippen molar-refractivity contribution >= 4 is 21.6 Å². The molecule has 0 aromatic rings. The van der Waals surface area contributed by atoms with Crippen molar-refractivity contribution in [2.75, 3.05) is 18.6 Å².